The van der Waals surface area contributed by atoms with Crippen molar-refractivity contribution < 1.29 is 19.1 Å². The summed E-state index contributed by atoms with van der Waals surface area (Å²) in [4.78, 5) is 43.0. The fourth-order valence-electron chi connectivity index (χ4n) is 4.15. The second kappa shape index (κ2) is 14.3. The molecule has 0 heterocycles. The van der Waals surface area contributed by atoms with Crippen molar-refractivity contribution in [1.29, 1.82) is 0 Å². The van der Waals surface area contributed by atoms with Crippen molar-refractivity contribution in [2.75, 3.05) is 17.3 Å². The van der Waals surface area contributed by atoms with Crippen LogP contribution >= 0.6 is 11.8 Å². The molecular weight excluding hydrogens is 522 g/mol. The van der Waals surface area contributed by atoms with Gasteiger partial charge in [-0.3, -0.25) is 9.59 Å². The second-order valence-corrected chi connectivity index (χ2v) is 12.3. The van der Waals surface area contributed by atoms with Crippen LogP contribution in [0.4, 0.5) is 10.5 Å². The number of ether oxygens (including phenoxy) is 1. The molecule has 0 aliphatic rings. The molecule has 0 saturated heterocycles. The van der Waals surface area contributed by atoms with Gasteiger partial charge in [0.05, 0.1) is 0 Å². The summed E-state index contributed by atoms with van der Waals surface area (Å²) in [7, 11) is 0. The van der Waals surface area contributed by atoms with E-state index in [9.17, 15) is 14.4 Å². The Morgan fingerprint density at radius 1 is 1.05 bits per heavy atom. The third-order valence-corrected chi connectivity index (χ3v) is 7.30. The molecule has 216 valence electrons. The van der Waals surface area contributed by atoms with Gasteiger partial charge in [-0.15, -0.1) is 6.42 Å². The average molecular weight is 566 g/mol. The molecule has 2 atom stereocenters. The molecule has 0 aromatic heterocycles. The fourth-order valence-corrected chi connectivity index (χ4v) is 4.62. The van der Waals surface area contributed by atoms with E-state index in [4.69, 9.17) is 11.2 Å². The van der Waals surface area contributed by atoms with Crippen LogP contribution in [0.2, 0.25) is 0 Å². The normalized spacial score (nSPS) is 13.0. The molecule has 0 radical (unpaired) electrons. The Kier molecular flexibility index (Phi) is 11.7. The lowest BCUT2D eigenvalue weighted by Crippen LogP contribution is -2.59. The van der Waals surface area contributed by atoms with E-state index in [1.807, 2.05) is 58.2 Å². The first-order valence-electron chi connectivity index (χ1n) is 13.5. The van der Waals surface area contributed by atoms with Crippen LogP contribution in [0.1, 0.15) is 77.1 Å². The van der Waals surface area contributed by atoms with Crippen LogP contribution in [0.3, 0.4) is 0 Å². The monoisotopic (exact) mass is 565 g/mol. The lowest BCUT2D eigenvalue weighted by Gasteiger charge is -2.44. The van der Waals surface area contributed by atoms with Gasteiger partial charge in [-0.25, -0.2) is 4.79 Å². The minimum Gasteiger partial charge on any atom is -0.444 e. The zero-order valence-corrected chi connectivity index (χ0v) is 25.8. The SMILES string of the molecule is C#Cc1ccc(C(C(=O)Nc2ccccc2C)N(C(=O)C(CCSC)NC(=O)OC(C)(C)C)C(C)(C)CC)cc1. The summed E-state index contributed by atoms with van der Waals surface area (Å²) in [6.45, 7) is 13.0. The number of aryl methyl sites for hydroxylation is 1. The van der Waals surface area contributed by atoms with E-state index >= 15 is 0 Å². The zero-order valence-electron chi connectivity index (χ0n) is 25.0. The van der Waals surface area contributed by atoms with Crippen LogP contribution in [0.15, 0.2) is 48.5 Å². The third-order valence-electron chi connectivity index (χ3n) is 6.66. The van der Waals surface area contributed by atoms with Crippen LogP contribution in [-0.2, 0) is 14.3 Å². The van der Waals surface area contributed by atoms with Crippen LogP contribution in [-0.4, -0.2) is 52.0 Å². The Hall–Kier alpha value is -3.44. The van der Waals surface area contributed by atoms with Gasteiger partial charge in [-0.1, -0.05) is 43.2 Å². The highest BCUT2D eigenvalue weighted by atomic mass is 32.2. The van der Waals surface area contributed by atoms with Crippen molar-refractivity contribution in [2.45, 2.75) is 84.5 Å². The number of anilines is 1. The van der Waals surface area contributed by atoms with Crippen LogP contribution in [0.5, 0.6) is 0 Å². The Balaban J connectivity index is 2.65. The first-order valence-corrected chi connectivity index (χ1v) is 14.9. The summed E-state index contributed by atoms with van der Waals surface area (Å²) in [5.74, 6) is 2.50. The minimum atomic E-state index is -0.994. The number of rotatable bonds is 11. The molecule has 40 heavy (non-hydrogen) atoms. The number of terminal acetylenes is 1. The van der Waals surface area contributed by atoms with Gasteiger partial charge in [0.25, 0.3) is 5.91 Å². The van der Waals surface area contributed by atoms with Gasteiger partial charge in [0.1, 0.15) is 17.7 Å². The second-order valence-electron chi connectivity index (χ2n) is 11.3. The van der Waals surface area contributed by atoms with Gasteiger partial charge in [0.15, 0.2) is 0 Å². The van der Waals surface area contributed by atoms with Gasteiger partial charge in [0.2, 0.25) is 5.91 Å². The maximum Gasteiger partial charge on any atom is 0.408 e. The number of thioether (sulfide) groups is 1. The largest absolute Gasteiger partial charge is 0.444 e. The van der Waals surface area contributed by atoms with E-state index in [1.54, 1.807) is 61.7 Å². The number of hydrogen-bond acceptors (Lipinski definition) is 5. The van der Waals surface area contributed by atoms with Crippen LogP contribution < -0.4 is 10.6 Å². The topological polar surface area (TPSA) is 87.7 Å². The number of carbonyl (C=O) groups excluding carboxylic acids is 3. The highest BCUT2D eigenvalue weighted by molar-refractivity contribution is 7.98. The molecule has 3 amide bonds. The predicted molar refractivity (Wildman–Crippen MR) is 164 cm³/mol. The molecule has 2 aromatic rings. The molecule has 7 nitrogen and oxygen atoms in total. The number of benzene rings is 2. The van der Waals surface area contributed by atoms with Gasteiger partial charge in [0, 0.05) is 16.8 Å². The number of carbonyl (C=O) groups is 3. The molecule has 2 rings (SSSR count). The highest BCUT2D eigenvalue weighted by Crippen LogP contribution is 2.34. The smallest absolute Gasteiger partial charge is 0.408 e. The standard InChI is InChI=1S/C32H43N3O4S/c1-10-23-16-18-24(19-17-23)27(28(36)33-25-15-13-12-14-22(25)3)35(32(7,8)11-2)29(37)26(20-21-40-9)34-30(38)39-31(4,5)6/h1,12-19,26-27H,11,20-21H2,2-9H3,(H,33,36)(H,34,38). The minimum absolute atomic E-state index is 0.362. The Bertz CT molecular complexity index is 1210. The molecule has 0 bridgehead atoms. The van der Waals surface area contributed by atoms with Crippen molar-refractivity contribution in [3.05, 3.63) is 65.2 Å². The molecule has 0 saturated carbocycles. The van der Waals surface area contributed by atoms with Gasteiger partial charge in [-0.2, -0.15) is 11.8 Å². The van der Waals surface area contributed by atoms with Gasteiger partial charge >= 0.3 is 6.09 Å². The molecule has 2 aromatic carbocycles. The van der Waals surface area contributed by atoms with Crippen molar-refractivity contribution >= 4 is 35.4 Å². The summed E-state index contributed by atoms with van der Waals surface area (Å²) in [5, 5.41) is 5.82. The first kappa shape index (κ1) is 32.8. The summed E-state index contributed by atoms with van der Waals surface area (Å²) >= 11 is 1.57. The van der Waals surface area contributed by atoms with Crippen molar-refractivity contribution in [2.24, 2.45) is 0 Å². The van der Waals surface area contributed by atoms with Crippen molar-refractivity contribution in [3.63, 3.8) is 0 Å². The molecule has 2 unspecified atom stereocenters. The zero-order chi connectivity index (χ0) is 30.1. The van der Waals surface area contributed by atoms with Gasteiger partial charge in [-0.05, 0) is 95.7 Å². The number of amides is 3. The summed E-state index contributed by atoms with van der Waals surface area (Å²) in [6.07, 6.45) is 7.78. The van der Waals surface area contributed by atoms with Crippen molar-refractivity contribution in [3.8, 4) is 12.3 Å². The molecule has 0 fully saturated rings. The third kappa shape index (κ3) is 9.06. The number of nitrogens with zero attached hydrogens (tertiary/aromatic N) is 1. The van der Waals surface area contributed by atoms with E-state index in [2.05, 4.69) is 16.6 Å². The summed E-state index contributed by atoms with van der Waals surface area (Å²) < 4.78 is 5.47. The summed E-state index contributed by atoms with van der Waals surface area (Å²) in [5.41, 5.74) is 1.36. The maximum absolute atomic E-state index is 14.5. The molecular formula is C32H43N3O4S. The van der Waals surface area contributed by atoms with Crippen molar-refractivity contribution in [1.82, 2.24) is 10.2 Å². The number of alkyl carbamates (subject to hydrolysis) is 1. The predicted octanol–water partition coefficient (Wildman–Crippen LogP) is 6.32. The fraction of sp³-hybridized carbons (Fsp3) is 0.469. The Morgan fingerprint density at radius 2 is 1.68 bits per heavy atom. The van der Waals surface area contributed by atoms with E-state index in [-0.39, 0.29) is 11.8 Å². The average Bonchev–Trinajstić information content (AvgIpc) is 2.89. The summed E-state index contributed by atoms with van der Waals surface area (Å²) in [6, 6.07) is 12.7. The number of hydrogen-bond donors (Lipinski definition) is 2. The maximum atomic E-state index is 14.5. The quantitative estimate of drug-likeness (QED) is 0.311. The van der Waals surface area contributed by atoms with E-state index in [1.165, 1.54) is 0 Å². The first-order chi connectivity index (χ1) is 18.7. The van der Waals surface area contributed by atoms with Gasteiger partial charge < -0.3 is 20.3 Å². The Labute approximate surface area is 243 Å². The Morgan fingerprint density at radius 3 is 2.20 bits per heavy atom. The molecule has 2 N–H and O–H groups in total. The molecule has 0 spiro atoms. The van der Waals surface area contributed by atoms with Crippen LogP contribution in [0, 0.1) is 19.3 Å². The highest BCUT2D eigenvalue weighted by Gasteiger charge is 2.43. The van der Waals surface area contributed by atoms with E-state index in [0.29, 0.717) is 35.4 Å². The van der Waals surface area contributed by atoms with Crippen LogP contribution in [0.25, 0.3) is 0 Å². The lowest BCUT2D eigenvalue weighted by molar-refractivity contribution is -0.147. The van der Waals surface area contributed by atoms with E-state index < -0.39 is 29.3 Å². The number of nitrogens with one attached hydrogen (secondary N) is 2. The molecule has 0 aliphatic carbocycles. The van der Waals surface area contributed by atoms with E-state index in [0.717, 1.165) is 5.56 Å². The molecule has 8 heteroatoms. The lowest BCUT2D eigenvalue weighted by atomic mass is 9.91. The molecule has 0 aliphatic heterocycles. The number of para-hydroxylation sites is 1.